The van der Waals surface area contributed by atoms with Crippen molar-refractivity contribution < 1.29 is 4.79 Å². The van der Waals surface area contributed by atoms with Gasteiger partial charge in [-0.2, -0.15) is 0 Å². The van der Waals surface area contributed by atoms with Gasteiger partial charge < -0.3 is 11.1 Å². The van der Waals surface area contributed by atoms with Gasteiger partial charge in [0.2, 0.25) is 6.41 Å². The minimum atomic E-state index is 0.395. The van der Waals surface area contributed by atoms with Crippen molar-refractivity contribution in [1.82, 2.24) is 5.32 Å². The predicted molar refractivity (Wildman–Crippen MR) is 68.9 cm³/mol. The van der Waals surface area contributed by atoms with Gasteiger partial charge in [-0.05, 0) is 19.3 Å². The number of carbonyl (C=O) groups is 1. The first-order chi connectivity index (χ1) is 7.74. The Morgan fingerprint density at radius 3 is 2.81 bits per heavy atom. The lowest BCUT2D eigenvalue weighted by Crippen LogP contribution is -2.19. The van der Waals surface area contributed by atoms with E-state index in [1.807, 2.05) is 25.2 Å². The van der Waals surface area contributed by atoms with Crippen LogP contribution >= 0.6 is 0 Å². The number of amides is 1. The summed E-state index contributed by atoms with van der Waals surface area (Å²) < 4.78 is 0. The average Bonchev–Trinajstić information content (AvgIpc) is 2.30. The van der Waals surface area contributed by atoms with Crippen LogP contribution in [0.3, 0.4) is 0 Å². The smallest absolute Gasteiger partial charge is 0.207 e. The molecule has 0 aromatic carbocycles. The van der Waals surface area contributed by atoms with Crippen molar-refractivity contribution in [3.63, 3.8) is 0 Å². The van der Waals surface area contributed by atoms with Crippen LogP contribution in [0, 0.1) is 5.92 Å². The van der Waals surface area contributed by atoms with Crippen molar-refractivity contribution in [1.29, 1.82) is 0 Å². The maximum absolute atomic E-state index is 10.2. The molecule has 3 N–H and O–H groups in total. The molecule has 1 atom stereocenters. The summed E-state index contributed by atoms with van der Waals surface area (Å²) in [4.78, 5) is 10.2. The number of hydrogen-bond donors (Lipinski definition) is 2. The molecular formula is C13H22N2O. The van der Waals surface area contributed by atoms with Crippen LogP contribution in [-0.4, -0.2) is 19.5 Å². The number of carbonyl (C=O) groups excluding carboxylic acids is 1. The fraction of sp³-hybridized carbons (Fsp3) is 0.462. The zero-order chi connectivity index (χ0) is 12.2. The topological polar surface area (TPSA) is 55.1 Å². The van der Waals surface area contributed by atoms with Crippen LogP contribution < -0.4 is 11.1 Å². The van der Waals surface area contributed by atoms with Gasteiger partial charge >= 0.3 is 0 Å². The molecule has 0 unspecified atom stereocenters. The molecule has 1 amide bonds. The molecule has 0 fully saturated rings. The van der Waals surface area contributed by atoms with Gasteiger partial charge in [-0.1, -0.05) is 42.9 Å². The first kappa shape index (κ1) is 14.6. The molecule has 0 saturated heterocycles. The van der Waals surface area contributed by atoms with Crippen LogP contribution in [0.15, 0.2) is 36.0 Å². The highest BCUT2D eigenvalue weighted by Crippen LogP contribution is 2.05. The van der Waals surface area contributed by atoms with Gasteiger partial charge in [-0.25, -0.2) is 0 Å². The molecule has 3 nitrogen and oxygen atoms in total. The third kappa shape index (κ3) is 8.00. The number of hydrogen-bond acceptors (Lipinski definition) is 2. The van der Waals surface area contributed by atoms with E-state index in [4.69, 9.17) is 5.73 Å². The monoisotopic (exact) mass is 222 g/mol. The number of rotatable bonds is 8. The zero-order valence-electron chi connectivity index (χ0n) is 10.1. The average molecular weight is 222 g/mol. The molecular weight excluding hydrogens is 200 g/mol. The first-order valence-electron chi connectivity index (χ1n) is 5.63. The largest absolute Gasteiger partial charge is 0.358 e. The van der Waals surface area contributed by atoms with Gasteiger partial charge in [0.1, 0.15) is 0 Å². The van der Waals surface area contributed by atoms with Gasteiger partial charge in [0, 0.05) is 13.1 Å². The summed E-state index contributed by atoms with van der Waals surface area (Å²) in [7, 11) is 0. The summed E-state index contributed by atoms with van der Waals surface area (Å²) in [5.74, 6) is 0.395. The van der Waals surface area contributed by atoms with Gasteiger partial charge in [0.25, 0.3) is 0 Å². The Kier molecular flexibility index (Phi) is 9.32. The zero-order valence-corrected chi connectivity index (χ0v) is 10.1. The van der Waals surface area contributed by atoms with E-state index in [1.165, 1.54) is 5.57 Å². The quantitative estimate of drug-likeness (QED) is 0.486. The Morgan fingerprint density at radius 2 is 2.25 bits per heavy atom. The van der Waals surface area contributed by atoms with Crippen molar-refractivity contribution >= 4 is 6.41 Å². The molecule has 0 aliphatic heterocycles. The molecule has 90 valence electrons. The van der Waals surface area contributed by atoms with E-state index in [-0.39, 0.29) is 0 Å². The Labute approximate surface area is 98.1 Å². The maximum Gasteiger partial charge on any atom is 0.207 e. The maximum atomic E-state index is 10.2. The van der Waals surface area contributed by atoms with Gasteiger partial charge in [0.05, 0.1) is 0 Å². The summed E-state index contributed by atoms with van der Waals surface area (Å²) in [5, 5.41) is 2.69. The second-order valence-corrected chi connectivity index (χ2v) is 3.63. The molecule has 0 saturated carbocycles. The lowest BCUT2D eigenvalue weighted by atomic mass is 10.0. The third-order valence-corrected chi connectivity index (χ3v) is 2.25. The van der Waals surface area contributed by atoms with Crippen molar-refractivity contribution in [3.8, 4) is 0 Å². The molecule has 0 bridgehead atoms. The van der Waals surface area contributed by atoms with E-state index >= 15 is 0 Å². The summed E-state index contributed by atoms with van der Waals surface area (Å²) in [6.45, 7) is 5.41. The summed E-state index contributed by atoms with van der Waals surface area (Å²) >= 11 is 0. The molecule has 16 heavy (non-hydrogen) atoms. The first-order valence-corrected chi connectivity index (χ1v) is 5.63. The van der Waals surface area contributed by atoms with Crippen LogP contribution in [0.1, 0.15) is 20.3 Å². The van der Waals surface area contributed by atoms with E-state index in [9.17, 15) is 4.79 Å². The normalized spacial score (nSPS) is 14.6. The number of allylic oxidation sites excluding steroid dienone is 4. The van der Waals surface area contributed by atoms with E-state index in [1.54, 1.807) is 0 Å². The van der Waals surface area contributed by atoms with E-state index in [0.717, 1.165) is 12.8 Å². The van der Waals surface area contributed by atoms with Crippen molar-refractivity contribution in [2.45, 2.75) is 20.3 Å². The van der Waals surface area contributed by atoms with Crippen molar-refractivity contribution in [3.05, 3.63) is 36.0 Å². The highest BCUT2D eigenvalue weighted by molar-refractivity contribution is 5.45. The minimum absolute atomic E-state index is 0.395. The van der Waals surface area contributed by atoms with E-state index < -0.39 is 0 Å². The van der Waals surface area contributed by atoms with Gasteiger partial charge in [0.15, 0.2) is 0 Å². The molecule has 0 aromatic heterocycles. The minimum Gasteiger partial charge on any atom is -0.358 e. The third-order valence-electron chi connectivity index (χ3n) is 2.25. The lowest BCUT2D eigenvalue weighted by Gasteiger charge is -2.08. The van der Waals surface area contributed by atoms with Crippen molar-refractivity contribution in [2.75, 3.05) is 13.1 Å². The summed E-state index contributed by atoms with van der Waals surface area (Å²) in [5.41, 5.74) is 6.51. The molecule has 3 heteroatoms. The van der Waals surface area contributed by atoms with Crippen LogP contribution in [-0.2, 0) is 4.79 Å². The second-order valence-electron chi connectivity index (χ2n) is 3.63. The fourth-order valence-corrected chi connectivity index (χ4v) is 1.19. The Bertz CT molecular complexity index is 267. The van der Waals surface area contributed by atoms with Crippen LogP contribution in [0.5, 0.6) is 0 Å². The molecule has 0 spiro atoms. The summed E-state index contributed by atoms with van der Waals surface area (Å²) in [6.07, 6.45) is 11.8. The van der Waals surface area contributed by atoms with Crippen LogP contribution in [0.25, 0.3) is 0 Å². The Hall–Kier alpha value is -1.35. The molecule has 0 heterocycles. The molecule has 0 rings (SSSR count). The highest BCUT2D eigenvalue weighted by atomic mass is 16.1. The SMILES string of the molecule is CC[C@H](\C=C/C(C)=C\C=C\CN)CNC=O. The lowest BCUT2D eigenvalue weighted by molar-refractivity contribution is -0.109. The standard InChI is InChI=1S/C13H22N2O/c1-3-13(10-15-11-16)8-7-12(2)6-4-5-9-14/h4-8,11,13H,3,9-10,14H2,1-2H3,(H,15,16)/b5-4+,8-7-,12-6-/t13-/m1/s1. The van der Waals surface area contributed by atoms with E-state index in [2.05, 4.69) is 24.4 Å². The highest BCUT2D eigenvalue weighted by Gasteiger charge is 1.99. The van der Waals surface area contributed by atoms with Gasteiger partial charge in [-0.3, -0.25) is 4.79 Å². The second kappa shape index (κ2) is 10.2. The van der Waals surface area contributed by atoms with E-state index in [0.29, 0.717) is 19.0 Å². The molecule has 0 radical (unpaired) electrons. The van der Waals surface area contributed by atoms with Crippen LogP contribution in [0.4, 0.5) is 0 Å². The summed E-state index contributed by atoms with van der Waals surface area (Å²) in [6, 6.07) is 0. The number of nitrogens with one attached hydrogen (secondary N) is 1. The fourth-order valence-electron chi connectivity index (χ4n) is 1.19. The molecule has 0 aromatic rings. The predicted octanol–water partition coefficient (Wildman–Crippen LogP) is 1.78. The molecule has 0 aliphatic rings. The molecule has 0 aliphatic carbocycles. The Balaban J connectivity index is 4.15. The van der Waals surface area contributed by atoms with Crippen LogP contribution in [0.2, 0.25) is 0 Å². The van der Waals surface area contributed by atoms with Crippen molar-refractivity contribution in [2.24, 2.45) is 11.7 Å². The number of nitrogens with two attached hydrogens (primary N) is 1. The Morgan fingerprint density at radius 1 is 1.50 bits per heavy atom. The van der Waals surface area contributed by atoms with Gasteiger partial charge in [-0.15, -0.1) is 0 Å².